The third kappa shape index (κ3) is 7.76. The van der Waals surface area contributed by atoms with Crippen LogP contribution in [0.3, 0.4) is 0 Å². The van der Waals surface area contributed by atoms with Gasteiger partial charge in [0, 0.05) is 31.3 Å². The highest BCUT2D eigenvalue weighted by Crippen LogP contribution is 2.24. The third-order valence-electron chi connectivity index (χ3n) is 5.95. The summed E-state index contributed by atoms with van der Waals surface area (Å²) in [7, 11) is -4.16. The molecule has 0 unspecified atom stereocenters. The van der Waals surface area contributed by atoms with Crippen molar-refractivity contribution in [3.05, 3.63) is 94.0 Å². The van der Waals surface area contributed by atoms with E-state index in [9.17, 15) is 38.6 Å². The molecule has 0 fully saturated rings. The molecule has 11 nitrogen and oxygen atoms in total. The summed E-state index contributed by atoms with van der Waals surface area (Å²) in [6.45, 7) is 3.28. The standard InChI is InChI=1S/C27H31N3O8S/c1-18(2)16-29(39(37,38)22-11-8-20(9-12-22)30(35)36)17-26(33)24(14-19-6-4-3-5-7-19)28-27(34)23-13-10-21(31)15-25(23)32/h3-13,15,18,24,26,31-33H,14,16-17H2,1-2H3,(H,28,34)/t24-,26+/m0/s1. The summed E-state index contributed by atoms with van der Waals surface area (Å²) < 4.78 is 28.1. The first-order valence-electron chi connectivity index (χ1n) is 12.2. The number of nitro benzene ring substituents is 1. The Morgan fingerprint density at radius 1 is 1.00 bits per heavy atom. The van der Waals surface area contributed by atoms with Gasteiger partial charge in [0.2, 0.25) is 10.0 Å². The molecule has 0 aromatic heterocycles. The summed E-state index contributed by atoms with van der Waals surface area (Å²) in [5, 5.41) is 44.6. The molecule has 208 valence electrons. The number of phenolic OH excluding ortho intramolecular Hbond substituents is 2. The van der Waals surface area contributed by atoms with E-state index in [1.165, 1.54) is 12.1 Å². The number of carbonyl (C=O) groups excluding carboxylic acids is 1. The van der Waals surface area contributed by atoms with Crippen molar-refractivity contribution in [3.8, 4) is 11.5 Å². The van der Waals surface area contributed by atoms with Crippen LogP contribution in [-0.4, -0.2) is 64.1 Å². The average Bonchev–Trinajstić information content (AvgIpc) is 2.88. The number of aliphatic hydroxyl groups is 1. The van der Waals surface area contributed by atoms with Crippen molar-refractivity contribution in [2.24, 2.45) is 5.92 Å². The molecular formula is C27H31N3O8S. The molecule has 1 amide bonds. The van der Waals surface area contributed by atoms with Gasteiger partial charge in [-0.3, -0.25) is 14.9 Å². The van der Waals surface area contributed by atoms with E-state index in [2.05, 4.69) is 5.32 Å². The molecule has 2 atom stereocenters. The minimum Gasteiger partial charge on any atom is -0.508 e. The Balaban J connectivity index is 1.91. The summed E-state index contributed by atoms with van der Waals surface area (Å²) in [6.07, 6.45) is -1.22. The van der Waals surface area contributed by atoms with Gasteiger partial charge < -0.3 is 20.6 Å². The monoisotopic (exact) mass is 557 g/mol. The Labute approximate surface area is 226 Å². The number of sulfonamides is 1. The largest absolute Gasteiger partial charge is 0.508 e. The zero-order chi connectivity index (χ0) is 28.7. The Bertz CT molecular complexity index is 1400. The summed E-state index contributed by atoms with van der Waals surface area (Å²) in [5.74, 6) is -1.53. The summed E-state index contributed by atoms with van der Waals surface area (Å²) in [4.78, 5) is 23.2. The molecule has 0 aliphatic carbocycles. The lowest BCUT2D eigenvalue weighted by molar-refractivity contribution is -0.384. The highest BCUT2D eigenvalue weighted by molar-refractivity contribution is 7.89. The number of phenols is 2. The van der Waals surface area contributed by atoms with Crippen LogP contribution in [0.5, 0.6) is 11.5 Å². The zero-order valence-electron chi connectivity index (χ0n) is 21.5. The number of aliphatic hydroxyl groups excluding tert-OH is 1. The van der Waals surface area contributed by atoms with Gasteiger partial charge in [0.25, 0.3) is 11.6 Å². The normalized spacial score (nSPS) is 13.3. The lowest BCUT2D eigenvalue weighted by Gasteiger charge is -2.30. The van der Waals surface area contributed by atoms with Crippen LogP contribution in [0.4, 0.5) is 5.69 Å². The van der Waals surface area contributed by atoms with E-state index in [4.69, 9.17) is 0 Å². The van der Waals surface area contributed by atoms with Gasteiger partial charge in [-0.05, 0) is 42.2 Å². The zero-order valence-corrected chi connectivity index (χ0v) is 22.3. The number of nitrogens with one attached hydrogen (secondary N) is 1. The molecule has 0 heterocycles. The van der Waals surface area contributed by atoms with Gasteiger partial charge in [-0.15, -0.1) is 0 Å². The molecule has 0 saturated heterocycles. The number of rotatable bonds is 12. The summed E-state index contributed by atoms with van der Waals surface area (Å²) in [5.41, 5.74) is 0.383. The van der Waals surface area contributed by atoms with Crippen LogP contribution in [0.2, 0.25) is 0 Å². The molecule has 0 saturated carbocycles. The van der Waals surface area contributed by atoms with E-state index < -0.39 is 38.7 Å². The molecule has 0 aliphatic heterocycles. The van der Waals surface area contributed by atoms with Crippen molar-refractivity contribution in [1.29, 1.82) is 0 Å². The smallest absolute Gasteiger partial charge is 0.269 e. The molecule has 0 spiro atoms. The van der Waals surface area contributed by atoms with Crippen molar-refractivity contribution in [3.63, 3.8) is 0 Å². The fourth-order valence-corrected chi connectivity index (χ4v) is 5.63. The van der Waals surface area contributed by atoms with E-state index in [0.717, 1.165) is 40.2 Å². The number of aromatic hydroxyl groups is 2. The third-order valence-corrected chi connectivity index (χ3v) is 7.80. The second-order valence-corrected chi connectivity index (χ2v) is 11.4. The quantitative estimate of drug-likeness (QED) is 0.194. The number of hydrogen-bond donors (Lipinski definition) is 4. The van der Waals surface area contributed by atoms with Crippen LogP contribution in [-0.2, 0) is 16.4 Å². The van der Waals surface area contributed by atoms with Gasteiger partial charge >= 0.3 is 0 Å². The number of carbonyl (C=O) groups is 1. The lowest BCUT2D eigenvalue weighted by atomic mass is 10.00. The van der Waals surface area contributed by atoms with E-state index in [1.54, 1.807) is 24.3 Å². The number of non-ortho nitro benzene ring substituents is 1. The summed E-state index contributed by atoms with van der Waals surface area (Å²) in [6, 6.07) is 16.0. The predicted molar refractivity (Wildman–Crippen MR) is 144 cm³/mol. The maximum atomic E-state index is 13.5. The van der Waals surface area contributed by atoms with Gasteiger partial charge in [0.1, 0.15) is 11.5 Å². The fourth-order valence-electron chi connectivity index (χ4n) is 4.01. The van der Waals surface area contributed by atoms with E-state index in [-0.39, 0.29) is 47.3 Å². The van der Waals surface area contributed by atoms with Crippen molar-refractivity contribution < 1.29 is 33.5 Å². The topological polar surface area (TPSA) is 170 Å². The summed E-state index contributed by atoms with van der Waals surface area (Å²) >= 11 is 0. The fraction of sp³-hybridized carbons (Fsp3) is 0.296. The van der Waals surface area contributed by atoms with E-state index >= 15 is 0 Å². The van der Waals surface area contributed by atoms with Crippen LogP contribution < -0.4 is 5.32 Å². The first-order chi connectivity index (χ1) is 18.4. The molecule has 0 radical (unpaired) electrons. The molecule has 0 bridgehead atoms. The molecule has 3 rings (SSSR count). The number of hydrogen-bond acceptors (Lipinski definition) is 8. The molecule has 3 aromatic carbocycles. The highest BCUT2D eigenvalue weighted by atomic mass is 32.2. The van der Waals surface area contributed by atoms with Gasteiger partial charge in [-0.2, -0.15) is 4.31 Å². The number of nitrogens with zero attached hydrogens (tertiary/aromatic N) is 2. The van der Waals surface area contributed by atoms with Crippen molar-refractivity contribution in [1.82, 2.24) is 9.62 Å². The molecular weight excluding hydrogens is 526 g/mol. The first kappa shape index (κ1) is 29.6. The maximum absolute atomic E-state index is 13.5. The van der Waals surface area contributed by atoms with Gasteiger partial charge in [-0.25, -0.2) is 8.42 Å². The number of nitro groups is 1. The highest BCUT2D eigenvalue weighted by Gasteiger charge is 2.32. The molecule has 0 aliphatic rings. The van der Waals surface area contributed by atoms with E-state index in [1.807, 2.05) is 19.9 Å². The Morgan fingerprint density at radius 3 is 2.21 bits per heavy atom. The molecule has 4 N–H and O–H groups in total. The van der Waals surface area contributed by atoms with Gasteiger partial charge in [0.15, 0.2) is 0 Å². The van der Waals surface area contributed by atoms with Crippen molar-refractivity contribution in [2.75, 3.05) is 13.1 Å². The Morgan fingerprint density at radius 2 is 1.64 bits per heavy atom. The van der Waals surface area contributed by atoms with Gasteiger partial charge in [0.05, 0.1) is 27.5 Å². The maximum Gasteiger partial charge on any atom is 0.269 e. The molecule has 12 heteroatoms. The SMILES string of the molecule is CC(C)CN(C[C@@H](O)[C@H](Cc1ccccc1)NC(=O)c1ccc(O)cc1O)S(=O)(=O)c1ccc([N+](=O)[O-])cc1. The minimum absolute atomic E-state index is 0.0428. The minimum atomic E-state index is -4.16. The lowest BCUT2D eigenvalue weighted by Crippen LogP contribution is -2.51. The predicted octanol–water partition coefficient (Wildman–Crippen LogP) is 3.05. The molecule has 3 aromatic rings. The van der Waals surface area contributed by atoms with Crippen LogP contribution in [0, 0.1) is 16.0 Å². The number of amides is 1. The van der Waals surface area contributed by atoms with Crippen molar-refractivity contribution >= 4 is 21.6 Å². The average molecular weight is 558 g/mol. The Kier molecular flexibility index (Phi) is 9.62. The van der Waals surface area contributed by atoms with E-state index in [0.29, 0.717) is 0 Å². The van der Waals surface area contributed by atoms with Gasteiger partial charge in [-0.1, -0.05) is 44.2 Å². The van der Waals surface area contributed by atoms with Crippen LogP contribution in [0.1, 0.15) is 29.8 Å². The second kappa shape index (κ2) is 12.7. The molecule has 39 heavy (non-hydrogen) atoms. The number of benzene rings is 3. The second-order valence-electron chi connectivity index (χ2n) is 9.51. The first-order valence-corrected chi connectivity index (χ1v) is 13.6. The van der Waals surface area contributed by atoms with Crippen LogP contribution >= 0.6 is 0 Å². The van der Waals surface area contributed by atoms with Crippen LogP contribution in [0.15, 0.2) is 77.7 Å². The van der Waals surface area contributed by atoms with Crippen LogP contribution in [0.25, 0.3) is 0 Å². The Hall–Kier alpha value is -4.00. The van der Waals surface area contributed by atoms with Crippen molar-refractivity contribution in [2.45, 2.75) is 37.3 Å².